The smallest absolute Gasteiger partial charge is 0.342 e. The monoisotopic (exact) mass is 386 g/mol. The van der Waals surface area contributed by atoms with E-state index < -0.39 is 11.9 Å². The van der Waals surface area contributed by atoms with Crippen LogP contribution in [0.15, 0.2) is 29.2 Å². The lowest BCUT2D eigenvalue weighted by molar-refractivity contribution is -0.135. The van der Waals surface area contributed by atoms with Gasteiger partial charge in [-0.1, -0.05) is 12.1 Å². The number of hydrogen-bond donors (Lipinski definition) is 1. The van der Waals surface area contributed by atoms with Gasteiger partial charge in [0, 0.05) is 29.8 Å². The van der Waals surface area contributed by atoms with Crippen molar-refractivity contribution in [2.24, 2.45) is 11.8 Å². The number of piperidine rings is 1. The molecule has 1 saturated carbocycles. The standard InChI is InChI=1S/C18H21F3N2O2S/c19-18(20,21)11-26-15-4-2-1-3-14(15)22-16(24)12-7-9-23(10-8-12)17(25)13-5-6-13/h1-4,12-13H,5-11H2,(H,22,24). The first kappa shape index (κ1) is 19.1. The first-order valence-corrected chi connectivity index (χ1v) is 9.70. The summed E-state index contributed by atoms with van der Waals surface area (Å²) in [6, 6.07) is 6.52. The zero-order valence-electron chi connectivity index (χ0n) is 14.2. The van der Waals surface area contributed by atoms with Crippen molar-refractivity contribution in [1.29, 1.82) is 0 Å². The van der Waals surface area contributed by atoms with E-state index in [1.807, 2.05) is 4.90 Å². The zero-order valence-corrected chi connectivity index (χ0v) is 15.0. The molecule has 2 fully saturated rings. The lowest BCUT2D eigenvalue weighted by Crippen LogP contribution is -2.42. The number of nitrogens with zero attached hydrogens (tertiary/aromatic N) is 1. The minimum absolute atomic E-state index is 0.179. The fourth-order valence-electron chi connectivity index (χ4n) is 3.04. The average molecular weight is 386 g/mol. The molecule has 2 amide bonds. The van der Waals surface area contributed by atoms with Crippen molar-refractivity contribution in [1.82, 2.24) is 4.90 Å². The summed E-state index contributed by atoms with van der Waals surface area (Å²) in [7, 11) is 0. The third kappa shape index (κ3) is 5.16. The van der Waals surface area contributed by atoms with Gasteiger partial charge in [-0.25, -0.2) is 0 Å². The fraction of sp³-hybridized carbons (Fsp3) is 0.556. The van der Waals surface area contributed by atoms with E-state index in [9.17, 15) is 22.8 Å². The third-order valence-electron chi connectivity index (χ3n) is 4.64. The Labute approximate surface area is 154 Å². The van der Waals surface area contributed by atoms with Gasteiger partial charge in [-0.15, -0.1) is 11.8 Å². The summed E-state index contributed by atoms with van der Waals surface area (Å²) < 4.78 is 37.3. The second kappa shape index (κ2) is 7.90. The summed E-state index contributed by atoms with van der Waals surface area (Å²) in [5.74, 6) is -1.04. The van der Waals surface area contributed by atoms with Gasteiger partial charge in [-0.3, -0.25) is 9.59 Å². The minimum Gasteiger partial charge on any atom is -0.342 e. The van der Waals surface area contributed by atoms with Crippen LogP contribution in [0.4, 0.5) is 18.9 Å². The number of carbonyl (C=O) groups excluding carboxylic acids is 2. The Kier molecular flexibility index (Phi) is 5.79. The number of rotatable bonds is 5. The van der Waals surface area contributed by atoms with Crippen LogP contribution in [0, 0.1) is 11.8 Å². The van der Waals surface area contributed by atoms with Gasteiger partial charge in [-0.2, -0.15) is 13.2 Å². The maximum Gasteiger partial charge on any atom is 0.398 e. The predicted molar refractivity (Wildman–Crippen MR) is 93.9 cm³/mol. The molecule has 1 heterocycles. The van der Waals surface area contributed by atoms with Crippen LogP contribution in [-0.2, 0) is 9.59 Å². The Morgan fingerprint density at radius 1 is 1.08 bits per heavy atom. The lowest BCUT2D eigenvalue weighted by Gasteiger charge is -2.31. The van der Waals surface area contributed by atoms with Crippen LogP contribution >= 0.6 is 11.8 Å². The third-order valence-corrected chi connectivity index (χ3v) is 5.78. The predicted octanol–water partition coefficient (Wildman–Crippen LogP) is 3.93. The molecule has 1 aliphatic carbocycles. The highest BCUT2D eigenvalue weighted by atomic mass is 32.2. The highest BCUT2D eigenvalue weighted by Crippen LogP contribution is 2.34. The molecule has 26 heavy (non-hydrogen) atoms. The Morgan fingerprint density at radius 2 is 1.73 bits per heavy atom. The van der Waals surface area contributed by atoms with E-state index in [0.717, 1.165) is 12.8 Å². The first-order valence-electron chi connectivity index (χ1n) is 8.72. The molecule has 0 bridgehead atoms. The number of hydrogen-bond acceptors (Lipinski definition) is 3. The van der Waals surface area contributed by atoms with Crippen molar-refractivity contribution in [2.75, 3.05) is 24.2 Å². The van der Waals surface area contributed by atoms with E-state index in [1.54, 1.807) is 24.3 Å². The number of amides is 2. The van der Waals surface area contributed by atoms with E-state index in [-0.39, 0.29) is 23.7 Å². The van der Waals surface area contributed by atoms with Crippen molar-refractivity contribution in [2.45, 2.75) is 36.8 Å². The number of para-hydroxylation sites is 1. The summed E-state index contributed by atoms with van der Waals surface area (Å²) in [5, 5.41) is 2.77. The number of halogens is 3. The first-order chi connectivity index (χ1) is 12.3. The van der Waals surface area contributed by atoms with Crippen molar-refractivity contribution < 1.29 is 22.8 Å². The molecule has 3 rings (SSSR count). The van der Waals surface area contributed by atoms with Crippen molar-refractivity contribution in [3.8, 4) is 0 Å². The fourth-order valence-corrected chi connectivity index (χ4v) is 3.81. The minimum atomic E-state index is -4.26. The molecule has 0 atom stereocenters. The van der Waals surface area contributed by atoms with Crippen molar-refractivity contribution in [3.63, 3.8) is 0 Å². The molecule has 142 valence electrons. The summed E-state index contributed by atoms with van der Waals surface area (Å²) in [5.41, 5.74) is 0.406. The van der Waals surface area contributed by atoms with Crippen LogP contribution in [0.2, 0.25) is 0 Å². The van der Waals surface area contributed by atoms with E-state index in [0.29, 0.717) is 48.3 Å². The Morgan fingerprint density at radius 3 is 2.35 bits per heavy atom. The molecule has 4 nitrogen and oxygen atoms in total. The molecule has 1 aliphatic heterocycles. The van der Waals surface area contributed by atoms with Crippen LogP contribution in [0.5, 0.6) is 0 Å². The van der Waals surface area contributed by atoms with Gasteiger partial charge >= 0.3 is 6.18 Å². The second-order valence-corrected chi connectivity index (χ2v) is 7.78. The highest BCUT2D eigenvalue weighted by molar-refractivity contribution is 7.99. The molecule has 0 spiro atoms. The zero-order chi connectivity index (χ0) is 18.7. The topological polar surface area (TPSA) is 49.4 Å². The molecule has 2 aliphatic rings. The molecule has 1 saturated heterocycles. The van der Waals surface area contributed by atoms with Crippen LogP contribution < -0.4 is 5.32 Å². The van der Waals surface area contributed by atoms with Gasteiger partial charge < -0.3 is 10.2 Å². The van der Waals surface area contributed by atoms with Gasteiger partial charge in [0.15, 0.2) is 0 Å². The van der Waals surface area contributed by atoms with Gasteiger partial charge in [0.2, 0.25) is 11.8 Å². The van der Waals surface area contributed by atoms with Crippen LogP contribution in [0.3, 0.4) is 0 Å². The summed E-state index contributed by atoms with van der Waals surface area (Å²) >= 11 is 0.664. The number of thioether (sulfide) groups is 1. The normalized spacial score (nSPS) is 18.7. The molecule has 1 aromatic carbocycles. The molecule has 0 radical (unpaired) electrons. The summed E-state index contributed by atoms with van der Waals surface area (Å²) in [6.45, 7) is 1.13. The lowest BCUT2D eigenvalue weighted by atomic mass is 9.95. The van der Waals surface area contributed by atoms with Crippen LogP contribution in [0.25, 0.3) is 0 Å². The summed E-state index contributed by atoms with van der Waals surface area (Å²) in [6.07, 6.45) is -1.16. The largest absolute Gasteiger partial charge is 0.398 e. The number of benzene rings is 1. The number of anilines is 1. The second-order valence-electron chi connectivity index (χ2n) is 6.76. The van der Waals surface area contributed by atoms with Crippen molar-refractivity contribution in [3.05, 3.63) is 24.3 Å². The number of nitrogens with one attached hydrogen (secondary N) is 1. The molecule has 1 N–H and O–H groups in total. The van der Waals surface area contributed by atoms with Crippen molar-refractivity contribution >= 4 is 29.3 Å². The summed E-state index contributed by atoms with van der Waals surface area (Å²) in [4.78, 5) is 26.8. The number of likely N-dealkylation sites (tertiary alicyclic amines) is 1. The molecule has 1 aromatic rings. The molecule has 0 unspecified atom stereocenters. The Balaban J connectivity index is 1.54. The van der Waals surface area contributed by atoms with E-state index >= 15 is 0 Å². The Bertz CT molecular complexity index is 669. The molecular weight excluding hydrogens is 365 g/mol. The number of carbonyl (C=O) groups is 2. The molecule has 0 aromatic heterocycles. The maximum atomic E-state index is 12.5. The average Bonchev–Trinajstić information content (AvgIpc) is 3.45. The van der Waals surface area contributed by atoms with Gasteiger partial charge in [0.1, 0.15) is 0 Å². The van der Waals surface area contributed by atoms with Gasteiger partial charge in [0.05, 0.1) is 11.4 Å². The van der Waals surface area contributed by atoms with E-state index in [1.165, 1.54) is 0 Å². The van der Waals surface area contributed by atoms with Crippen LogP contribution in [0.1, 0.15) is 25.7 Å². The van der Waals surface area contributed by atoms with E-state index in [4.69, 9.17) is 0 Å². The van der Waals surface area contributed by atoms with Gasteiger partial charge in [0.25, 0.3) is 0 Å². The maximum absolute atomic E-state index is 12.5. The van der Waals surface area contributed by atoms with Crippen LogP contribution in [-0.4, -0.2) is 41.7 Å². The number of alkyl halides is 3. The molecular formula is C18H21F3N2O2S. The quantitative estimate of drug-likeness (QED) is 0.780. The SMILES string of the molecule is O=C(Nc1ccccc1SCC(F)(F)F)C1CCN(C(=O)C2CC2)CC1. The Hall–Kier alpha value is -1.70. The van der Waals surface area contributed by atoms with E-state index in [2.05, 4.69) is 5.32 Å². The molecule has 8 heteroatoms. The van der Waals surface area contributed by atoms with Gasteiger partial charge in [-0.05, 0) is 37.8 Å². The highest BCUT2D eigenvalue weighted by Gasteiger charge is 2.36.